The molecular weight excluding hydrogens is 244 g/mol. The summed E-state index contributed by atoms with van der Waals surface area (Å²) >= 11 is 0. The van der Waals surface area contributed by atoms with Crippen molar-refractivity contribution in [3.8, 4) is 0 Å². The summed E-state index contributed by atoms with van der Waals surface area (Å²) in [5, 5.41) is 21.9. The maximum atomic E-state index is 12.2. The van der Waals surface area contributed by atoms with E-state index in [1.807, 2.05) is 0 Å². The molecule has 1 heterocycles. The third-order valence-electron chi connectivity index (χ3n) is 6.75. The van der Waals surface area contributed by atoms with Gasteiger partial charge >= 0.3 is 5.97 Å². The van der Waals surface area contributed by atoms with Gasteiger partial charge in [0.25, 0.3) is 0 Å². The molecular formula is C15H22O4. The second kappa shape index (κ2) is 2.86. The van der Waals surface area contributed by atoms with E-state index in [-0.39, 0.29) is 29.8 Å². The number of rotatable bonds is 0. The lowest BCUT2D eigenvalue weighted by Crippen LogP contribution is -2.58. The summed E-state index contributed by atoms with van der Waals surface area (Å²) in [7, 11) is 0. The standard InChI is InChI=1S/C15H22O4/c1-12(2)4-8-9(5-12)13(3,18)15-6-14(15,10(8)16)7-19-11(15)17/h8-10,16,18H,4-7H2,1-3H3/t8-,9+,10-,13+,14-,15-/m1/s1. The number of ether oxygens (including phenoxy) is 1. The highest BCUT2D eigenvalue weighted by molar-refractivity contribution is 5.87. The van der Waals surface area contributed by atoms with E-state index in [0.717, 1.165) is 12.8 Å². The van der Waals surface area contributed by atoms with Crippen LogP contribution in [0.15, 0.2) is 0 Å². The first kappa shape index (κ1) is 12.2. The van der Waals surface area contributed by atoms with Crippen molar-refractivity contribution in [1.82, 2.24) is 0 Å². The molecule has 0 aromatic heterocycles. The van der Waals surface area contributed by atoms with Crippen LogP contribution >= 0.6 is 0 Å². The number of aliphatic hydroxyl groups is 2. The molecule has 4 rings (SSSR count). The first-order chi connectivity index (χ1) is 8.68. The van der Waals surface area contributed by atoms with Gasteiger partial charge in [-0.05, 0) is 43.4 Å². The Hall–Kier alpha value is -0.610. The predicted octanol–water partition coefficient (Wildman–Crippen LogP) is 1.10. The van der Waals surface area contributed by atoms with E-state index in [1.54, 1.807) is 6.92 Å². The van der Waals surface area contributed by atoms with Crippen LogP contribution in [0.3, 0.4) is 0 Å². The van der Waals surface area contributed by atoms with Crippen molar-refractivity contribution in [2.45, 2.75) is 51.7 Å². The Bertz CT molecular complexity index is 483. The van der Waals surface area contributed by atoms with Crippen molar-refractivity contribution in [3.63, 3.8) is 0 Å². The molecule has 0 unspecified atom stereocenters. The van der Waals surface area contributed by atoms with Crippen LogP contribution in [0.5, 0.6) is 0 Å². The molecule has 4 nitrogen and oxygen atoms in total. The Morgan fingerprint density at radius 1 is 1.26 bits per heavy atom. The molecule has 0 aromatic rings. The molecule has 0 bridgehead atoms. The van der Waals surface area contributed by atoms with Crippen LogP contribution in [0, 0.1) is 28.1 Å². The maximum Gasteiger partial charge on any atom is 0.315 e. The van der Waals surface area contributed by atoms with E-state index in [9.17, 15) is 15.0 Å². The summed E-state index contributed by atoms with van der Waals surface area (Å²) in [4.78, 5) is 12.2. The fraction of sp³-hybridized carbons (Fsp3) is 0.933. The van der Waals surface area contributed by atoms with Gasteiger partial charge in [-0.15, -0.1) is 0 Å². The molecule has 0 radical (unpaired) electrons. The number of cyclic esters (lactones) is 1. The van der Waals surface area contributed by atoms with Crippen LogP contribution in [-0.4, -0.2) is 34.5 Å². The van der Waals surface area contributed by atoms with Crippen LogP contribution in [-0.2, 0) is 9.53 Å². The molecule has 0 amide bonds. The zero-order valence-corrected chi connectivity index (χ0v) is 11.8. The smallest absolute Gasteiger partial charge is 0.315 e. The largest absolute Gasteiger partial charge is 0.464 e. The molecule has 0 aromatic carbocycles. The van der Waals surface area contributed by atoms with Gasteiger partial charge in [0, 0.05) is 0 Å². The Labute approximate surface area is 113 Å². The van der Waals surface area contributed by atoms with Gasteiger partial charge in [-0.25, -0.2) is 0 Å². The molecule has 3 saturated carbocycles. The highest BCUT2D eigenvalue weighted by atomic mass is 16.5. The number of hydrogen-bond donors (Lipinski definition) is 2. The van der Waals surface area contributed by atoms with Gasteiger partial charge in [0.15, 0.2) is 0 Å². The Kier molecular flexibility index (Phi) is 1.83. The van der Waals surface area contributed by atoms with E-state index >= 15 is 0 Å². The molecule has 0 spiro atoms. The molecule has 4 heteroatoms. The van der Waals surface area contributed by atoms with Crippen molar-refractivity contribution in [1.29, 1.82) is 0 Å². The fourth-order valence-electron chi connectivity index (χ4n) is 5.81. The molecule has 6 atom stereocenters. The van der Waals surface area contributed by atoms with Crippen LogP contribution in [0.4, 0.5) is 0 Å². The van der Waals surface area contributed by atoms with Crippen LogP contribution < -0.4 is 0 Å². The third kappa shape index (κ3) is 1.03. The molecule has 3 aliphatic carbocycles. The van der Waals surface area contributed by atoms with E-state index in [4.69, 9.17) is 4.74 Å². The van der Waals surface area contributed by atoms with Gasteiger partial charge in [-0.1, -0.05) is 13.8 Å². The van der Waals surface area contributed by atoms with Crippen molar-refractivity contribution in [3.05, 3.63) is 0 Å². The molecule has 1 saturated heterocycles. The van der Waals surface area contributed by atoms with Gasteiger partial charge in [-0.3, -0.25) is 4.79 Å². The van der Waals surface area contributed by atoms with Crippen LogP contribution in [0.1, 0.15) is 40.0 Å². The normalized spacial score (nSPS) is 61.1. The van der Waals surface area contributed by atoms with Gasteiger partial charge in [0.2, 0.25) is 0 Å². The molecule has 1 aliphatic heterocycles. The van der Waals surface area contributed by atoms with E-state index in [1.165, 1.54) is 0 Å². The second-order valence-electron chi connectivity index (χ2n) is 8.25. The highest BCUT2D eigenvalue weighted by Crippen LogP contribution is 2.81. The summed E-state index contributed by atoms with van der Waals surface area (Å²) < 4.78 is 5.21. The molecule has 106 valence electrons. The third-order valence-corrected chi connectivity index (χ3v) is 6.75. The lowest BCUT2D eigenvalue weighted by Gasteiger charge is -2.47. The average Bonchev–Trinajstić information content (AvgIpc) is 2.80. The molecule has 4 fully saturated rings. The van der Waals surface area contributed by atoms with Gasteiger partial charge < -0.3 is 14.9 Å². The van der Waals surface area contributed by atoms with Gasteiger partial charge in [0.05, 0.1) is 17.1 Å². The van der Waals surface area contributed by atoms with Crippen molar-refractivity contribution >= 4 is 5.97 Å². The minimum absolute atomic E-state index is 0.00113. The Morgan fingerprint density at radius 2 is 1.95 bits per heavy atom. The van der Waals surface area contributed by atoms with E-state index in [0.29, 0.717) is 6.42 Å². The van der Waals surface area contributed by atoms with E-state index < -0.39 is 22.5 Å². The second-order valence-corrected chi connectivity index (χ2v) is 8.25. The topological polar surface area (TPSA) is 66.8 Å². The van der Waals surface area contributed by atoms with Crippen LogP contribution in [0.25, 0.3) is 0 Å². The number of esters is 1. The monoisotopic (exact) mass is 266 g/mol. The number of carbonyl (C=O) groups excluding carboxylic acids is 1. The van der Waals surface area contributed by atoms with Crippen molar-refractivity contribution < 1.29 is 19.7 Å². The predicted molar refractivity (Wildman–Crippen MR) is 67.1 cm³/mol. The SMILES string of the molecule is CC1(C)C[C@H]2[C@@H](O)[C@@]34COC(=O)[C@]3(C4)[C@@](C)(O)[C@H]2C1. The van der Waals surface area contributed by atoms with Crippen molar-refractivity contribution in [2.24, 2.45) is 28.1 Å². The minimum Gasteiger partial charge on any atom is -0.464 e. The molecule has 4 aliphatic rings. The molecule has 19 heavy (non-hydrogen) atoms. The first-order valence-electron chi connectivity index (χ1n) is 7.26. The summed E-state index contributed by atoms with van der Waals surface area (Å²) in [5.41, 5.74) is -2.25. The van der Waals surface area contributed by atoms with Crippen molar-refractivity contribution in [2.75, 3.05) is 6.61 Å². The summed E-state index contributed by atoms with van der Waals surface area (Å²) in [6.07, 6.45) is 1.87. The van der Waals surface area contributed by atoms with Gasteiger partial charge in [-0.2, -0.15) is 0 Å². The summed E-state index contributed by atoms with van der Waals surface area (Å²) in [5.74, 6) is -0.200. The van der Waals surface area contributed by atoms with Gasteiger partial charge in [0.1, 0.15) is 12.0 Å². The maximum absolute atomic E-state index is 12.2. The number of aliphatic hydroxyl groups excluding tert-OH is 1. The quantitative estimate of drug-likeness (QED) is 0.644. The number of fused-ring (bicyclic) bond motifs is 1. The Balaban J connectivity index is 1.85. The average molecular weight is 266 g/mol. The lowest BCUT2D eigenvalue weighted by atomic mass is 9.60. The number of carbonyl (C=O) groups is 1. The van der Waals surface area contributed by atoms with Crippen LogP contribution in [0.2, 0.25) is 0 Å². The zero-order chi connectivity index (χ0) is 13.8. The first-order valence-corrected chi connectivity index (χ1v) is 7.26. The lowest BCUT2D eigenvalue weighted by molar-refractivity contribution is -0.172. The number of hydrogen-bond acceptors (Lipinski definition) is 4. The summed E-state index contributed by atoms with van der Waals surface area (Å²) in [6.45, 7) is 6.45. The summed E-state index contributed by atoms with van der Waals surface area (Å²) in [6, 6.07) is 0. The van der Waals surface area contributed by atoms with E-state index in [2.05, 4.69) is 13.8 Å². The zero-order valence-electron chi connectivity index (χ0n) is 11.8. The Morgan fingerprint density at radius 3 is 2.63 bits per heavy atom. The minimum atomic E-state index is -1.04. The molecule has 2 N–H and O–H groups in total. The highest BCUT2D eigenvalue weighted by Gasteiger charge is 2.90. The fourth-order valence-corrected chi connectivity index (χ4v) is 5.81.